The minimum absolute atomic E-state index is 0.0318. The lowest BCUT2D eigenvalue weighted by molar-refractivity contribution is 0.0611. The molecule has 3 aliphatic rings. The average molecular weight is 547 g/mol. The largest absolute Gasteiger partial charge is 0.381 e. The molecule has 2 amide bonds. The number of ether oxygens (including phenoxy) is 1. The van der Waals surface area contributed by atoms with E-state index in [9.17, 15) is 13.2 Å². The van der Waals surface area contributed by atoms with Crippen LogP contribution < -0.4 is 4.31 Å². The van der Waals surface area contributed by atoms with Crippen LogP contribution in [0.2, 0.25) is 0 Å². The number of anilines is 1. The number of benzene rings is 1. The van der Waals surface area contributed by atoms with E-state index in [1.165, 1.54) is 8.61 Å². The quantitative estimate of drug-likeness (QED) is 0.574. The first-order valence-electron chi connectivity index (χ1n) is 13.9. The number of piperazine rings is 1. The zero-order valence-corrected chi connectivity index (χ0v) is 24.0. The van der Waals surface area contributed by atoms with E-state index in [4.69, 9.17) is 9.72 Å². The molecule has 0 bridgehead atoms. The topological polar surface area (TPSA) is 91.2 Å². The predicted molar refractivity (Wildman–Crippen MR) is 149 cm³/mol. The van der Waals surface area contributed by atoms with Gasteiger partial charge in [-0.25, -0.2) is 9.78 Å². The highest BCUT2D eigenvalue weighted by Crippen LogP contribution is 2.32. The van der Waals surface area contributed by atoms with E-state index in [-0.39, 0.29) is 11.4 Å². The molecule has 0 radical (unpaired) electrons. The summed E-state index contributed by atoms with van der Waals surface area (Å²) in [6, 6.07) is 5.80. The average Bonchev–Trinajstić information content (AvgIpc) is 3.57. The molecule has 210 valence electrons. The van der Waals surface area contributed by atoms with E-state index in [1.54, 1.807) is 11.9 Å². The van der Waals surface area contributed by atoms with E-state index in [0.29, 0.717) is 37.8 Å². The molecule has 4 heterocycles. The van der Waals surface area contributed by atoms with E-state index in [2.05, 4.69) is 25.3 Å². The number of carbonyl (C=O) groups excluding carboxylic acids is 1. The molecule has 3 fully saturated rings. The van der Waals surface area contributed by atoms with Gasteiger partial charge in [0, 0.05) is 71.5 Å². The molecule has 0 N–H and O–H groups in total. The lowest BCUT2D eigenvalue weighted by Gasteiger charge is -2.37. The number of fused-ring (bicyclic) bond motifs is 1. The van der Waals surface area contributed by atoms with Crippen molar-refractivity contribution in [1.82, 2.24) is 23.7 Å². The summed E-state index contributed by atoms with van der Waals surface area (Å²) in [5, 5.41) is 0. The van der Waals surface area contributed by atoms with E-state index in [1.807, 2.05) is 23.1 Å². The lowest BCUT2D eigenvalue weighted by Crippen LogP contribution is -2.55. The number of nitrogens with zero attached hydrogens (tertiary/aromatic N) is 6. The van der Waals surface area contributed by atoms with Crippen molar-refractivity contribution in [2.45, 2.75) is 58.4 Å². The fraction of sp³-hybridized carbons (Fsp3) is 0.704. The highest BCUT2D eigenvalue weighted by molar-refractivity contribution is 7.90. The molecular formula is C27H42N6O4S. The maximum absolute atomic E-state index is 13.5. The first-order valence-corrected chi connectivity index (χ1v) is 15.3. The van der Waals surface area contributed by atoms with Crippen molar-refractivity contribution in [3.05, 3.63) is 24.0 Å². The van der Waals surface area contributed by atoms with Crippen LogP contribution in [0.4, 0.5) is 10.5 Å². The molecule has 0 aliphatic carbocycles. The van der Waals surface area contributed by atoms with Crippen molar-refractivity contribution < 1.29 is 17.9 Å². The minimum Gasteiger partial charge on any atom is -0.381 e. The molecule has 3 saturated heterocycles. The van der Waals surface area contributed by atoms with E-state index in [0.717, 1.165) is 75.4 Å². The first-order chi connectivity index (χ1) is 18.1. The summed E-state index contributed by atoms with van der Waals surface area (Å²) in [4.78, 5) is 21.4. The Balaban J connectivity index is 1.33. The third-order valence-electron chi connectivity index (χ3n) is 8.11. The number of hydrogen-bond acceptors (Lipinski definition) is 5. The van der Waals surface area contributed by atoms with Crippen LogP contribution in [0.1, 0.15) is 52.3 Å². The molecule has 0 spiro atoms. The van der Waals surface area contributed by atoms with Gasteiger partial charge in [-0.2, -0.15) is 12.7 Å². The van der Waals surface area contributed by atoms with Crippen LogP contribution in [0.3, 0.4) is 0 Å². The molecule has 38 heavy (non-hydrogen) atoms. The summed E-state index contributed by atoms with van der Waals surface area (Å²) in [6.45, 7) is 12.0. The number of aromatic nitrogens is 2. The molecule has 5 rings (SSSR count). The zero-order valence-electron chi connectivity index (χ0n) is 23.2. The molecule has 0 saturated carbocycles. The Morgan fingerprint density at radius 2 is 1.66 bits per heavy atom. The Morgan fingerprint density at radius 1 is 1.03 bits per heavy atom. The molecular weight excluding hydrogens is 504 g/mol. The van der Waals surface area contributed by atoms with Gasteiger partial charge in [-0.15, -0.1) is 0 Å². The van der Waals surface area contributed by atoms with Crippen LogP contribution in [0.15, 0.2) is 18.2 Å². The van der Waals surface area contributed by atoms with Crippen molar-refractivity contribution in [2.75, 3.05) is 63.8 Å². The zero-order chi connectivity index (χ0) is 27.1. The third-order valence-corrected chi connectivity index (χ3v) is 10.0. The highest BCUT2D eigenvalue weighted by Gasteiger charge is 2.34. The van der Waals surface area contributed by atoms with Gasteiger partial charge in [0.05, 0.1) is 16.7 Å². The van der Waals surface area contributed by atoms with Crippen LogP contribution in [-0.2, 0) is 26.9 Å². The third kappa shape index (κ3) is 5.37. The van der Waals surface area contributed by atoms with Gasteiger partial charge in [0.15, 0.2) is 0 Å². The summed E-state index contributed by atoms with van der Waals surface area (Å²) in [5.74, 6) is 1.56. The van der Waals surface area contributed by atoms with Crippen LogP contribution in [-0.4, -0.2) is 97.6 Å². The molecule has 2 aromatic rings. The standard InChI is InChI=1S/C27H42N6O4S/c1-27(2,3)25-28-23-19-22(7-8-24(23)33(25)20-21-9-17-37-18-10-21)29(4)38(35,36)32-15-13-31(14-16-32)26(34)30-11-5-6-12-30/h7-8,19,21H,5-6,9-18,20H2,1-4H3. The molecule has 1 aromatic carbocycles. The second-order valence-electron chi connectivity index (χ2n) is 11.9. The first kappa shape index (κ1) is 27.2. The number of likely N-dealkylation sites (tertiary alicyclic amines) is 1. The van der Waals surface area contributed by atoms with Crippen molar-refractivity contribution in [3.63, 3.8) is 0 Å². The molecule has 0 atom stereocenters. The maximum atomic E-state index is 13.5. The second kappa shape index (κ2) is 10.7. The minimum atomic E-state index is -3.74. The monoisotopic (exact) mass is 546 g/mol. The van der Waals surface area contributed by atoms with Crippen LogP contribution in [0, 0.1) is 5.92 Å². The molecule has 0 unspecified atom stereocenters. The molecule has 3 aliphatic heterocycles. The van der Waals surface area contributed by atoms with Gasteiger partial charge in [0.2, 0.25) is 0 Å². The Morgan fingerprint density at radius 3 is 2.29 bits per heavy atom. The molecule has 1 aromatic heterocycles. The summed E-state index contributed by atoms with van der Waals surface area (Å²) < 4.78 is 37.8. The number of imidazole rings is 1. The van der Waals surface area contributed by atoms with Gasteiger partial charge in [-0.1, -0.05) is 20.8 Å². The Labute approximate surface area is 226 Å². The van der Waals surface area contributed by atoms with E-state index >= 15 is 0 Å². The van der Waals surface area contributed by atoms with Gasteiger partial charge in [0.25, 0.3) is 0 Å². The predicted octanol–water partition coefficient (Wildman–Crippen LogP) is 3.27. The van der Waals surface area contributed by atoms with Gasteiger partial charge in [0.1, 0.15) is 5.82 Å². The molecule has 10 nitrogen and oxygen atoms in total. The summed E-state index contributed by atoms with van der Waals surface area (Å²) in [7, 11) is -2.14. The van der Waals surface area contributed by atoms with Crippen molar-refractivity contribution in [1.29, 1.82) is 0 Å². The maximum Gasteiger partial charge on any atom is 0.320 e. The SMILES string of the molecule is CN(c1ccc2c(c1)nc(C(C)(C)C)n2CC1CCOCC1)S(=O)(=O)N1CCN(C(=O)N2CCCC2)CC1. The van der Waals surface area contributed by atoms with Crippen molar-refractivity contribution >= 4 is 33.0 Å². The van der Waals surface area contributed by atoms with Crippen LogP contribution >= 0.6 is 0 Å². The van der Waals surface area contributed by atoms with E-state index < -0.39 is 10.2 Å². The number of amides is 2. The Hall–Kier alpha value is -2.37. The van der Waals surface area contributed by atoms with Gasteiger partial charge >= 0.3 is 16.2 Å². The number of urea groups is 1. The normalized spacial score (nSPS) is 20.4. The van der Waals surface area contributed by atoms with Gasteiger partial charge < -0.3 is 19.1 Å². The van der Waals surface area contributed by atoms with Crippen molar-refractivity contribution in [2.24, 2.45) is 5.92 Å². The number of carbonyl (C=O) groups is 1. The summed E-state index contributed by atoms with van der Waals surface area (Å²) >= 11 is 0. The number of hydrogen-bond donors (Lipinski definition) is 0. The Bertz CT molecular complexity index is 1250. The van der Waals surface area contributed by atoms with Gasteiger partial charge in [-0.3, -0.25) is 4.31 Å². The van der Waals surface area contributed by atoms with Crippen molar-refractivity contribution in [3.8, 4) is 0 Å². The van der Waals surface area contributed by atoms with Gasteiger partial charge in [-0.05, 0) is 49.8 Å². The number of rotatable bonds is 5. The smallest absolute Gasteiger partial charge is 0.320 e. The summed E-state index contributed by atoms with van der Waals surface area (Å²) in [5.41, 5.74) is 2.28. The lowest BCUT2D eigenvalue weighted by atomic mass is 9.94. The van der Waals surface area contributed by atoms with Crippen LogP contribution in [0.5, 0.6) is 0 Å². The Kier molecular flexibility index (Phi) is 7.63. The second-order valence-corrected chi connectivity index (χ2v) is 13.8. The summed E-state index contributed by atoms with van der Waals surface area (Å²) in [6.07, 6.45) is 4.17. The highest BCUT2D eigenvalue weighted by atomic mass is 32.2. The van der Waals surface area contributed by atoms with Crippen LogP contribution in [0.25, 0.3) is 11.0 Å². The fourth-order valence-corrected chi connectivity index (χ4v) is 7.13. The molecule has 11 heteroatoms. The fourth-order valence-electron chi connectivity index (χ4n) is 5.78.